The topological polar surface area (TPSA) is 75.4 Å². The minimum Gasteiger partial charge on any atom is -0.441 e. The molecule has 26 heavy (non-hydrogen) atoms. The molecule has 1 aromatic heterocycles. The van der Waals surface area contributed by atoms with E-state index in [1.165, 1.54) is 6.42 Å². The number of carbonyl (C=O) groups is 1. The summed E-state index contributed by atoms with van der Waals surface area (Å²) in [5, 5.41) is 12.8. The van der Waals surface area contributed by atoms with Crippen LogP contribution in [0.15, 0.2) is 28.7 Å². The summed E-state index contributed by atoms with van der Waals surface area (Å²) >= 11 is 0. The normalized spacial score (nSPS) is 16.4. The molecule has 3 rings (SSSR count). The van der Waals surface area contributed by atoms with E-state index < -0.39 is 0 Å². The monoisotopic (exact) mass is 356 g/mol. The van der Waals surface area contributed by atoms with Crippen LogP contribution in [0.2, 0.25) is 0 Å². The van der Waals surface area contributed by atoms with Crippen LogP contribution in [0.1, 0.15) is 49.1 Å². The summed E-state index contributed by atoms with van der Waals surface area (Å²) in [7, 11) is 0. The highest BCUT2D eigenvalue weighted by atomic mass is 16.4. The molecule has 1 aromatic carbocycles. The predicted molar refractivity (Wildman–Crippen MR) is 101 cm³/mol. The third-order valence-electron chi connectivity index (χ3n) is 5.40. The number of aryl methyl sites for hydroxylation is 2. The quantitative estimate of drug-likeness (QED) is 0.830. The number of aliphatic hydroxyl groups excluding tert-OH is 1. The first kappa shape index (κ1) is 18.6. The highest BCUT2D eigenvalue weighted by Crippen LogP contribution is 2.35. The molecular weight excluding hydrogens is 328 g/mol. The Hall–Kier alpha value is -2.14. The van der Waals surface area contributed by atoms with Gasteiger partial charge >= 0.3 is 0 Å². The molecule has 0 atom stereocenters. The number of aromatic nitrogens is 1. The summed E-state index contributed by atoms with van der Waals surface area (Å²) in [6.45, 7) is 4.53. The average Bonchev–Trinajstić information content (AvgIpc) is 3.01. The van der Waals surface area contributed by atoms with Crippen LogP contribution in [0.25, 0.3) is 11.5 Å². The van der Waals surface area contributed by atoms with E-state index in [-0.39, 0.29) is 24.3 Å². The minimum absolute atomic E-state index is 0.0735. The summed E-state index contributed by atoms with van der Waals surface area (Å²) < 4.78 is 5.76. The third-order valence-corrected chi connectivity index (χ3v) is 5.40. The van der Waals surface area contributed by atoms with E-state index >= 15 is 0 Å². The van der Waals surface area contributed by atoms with E-state index in [1.807, 2.05) is 38.1 Å². The summed E-state index contributed by atoms with van der Waals surface area (Å²) in [4.78, 5) is 16.9. The van der Waals surface area contributed by atoms with Crippen molar-refractivity contribution in [2.75, 3.05) is 13.2 Å². The zero-order valence-electron chi connectivity index (χ0n) is 15.7. The Labute approximate surface area is 154 Å². The average molecular weight is 356 g/mol. The van der Waals surface area contributed by atoms with Crippen LogP contribution in [0.3, 0.4) is 0 Å². The number of hydrogen-bond donors (Lipinski definition) is 2. The van der Waals surface area contributed by atoms with Crippen molar-refractivity contribution in [2.24, 2.45) is 5.41 Å². The molecular formula is C21H28N2O3. The number of oxazole rings is 1. The highest BCUT2D eigenvalue weighted by Gasteiger charge is 2.31. The maximum absolute atomic E-state index is 12.4. The molecule has 1 aliphatic carbocycles. The molecule has 5 nitrogen and oxygen atoms in total. The van der Waals surface area contributed by atoms with Gasteiger partial charge in [-0.2, -0.15) is 0 Å². The van der Waals surface area contributed by atoms with Crippen LogP contribution in [-0.2, 0) is 11.2 Å². The number of rotatable bonds is 6. The fourth-order valence-corrected chi connectivity index (χ4v) is 3.69. The summed E-state index contributed by atoms with van der Waals surface area (Å²) in [6.07, 6.45) is 5.62. The number of aliphatic hydroxyl groups is 1. The smallest absolute Gasteiger partial charge is 0.226 e. The van der Waals surface area contributed by atoms with Gasteiger partial charge in [0.15, 0.2) is 0 Å². The molecule has 5 heteroatoms. The molecule has 0 unspecified atom stereocenters. The van der Waals surface area contributed by atoms with Crippen molar-refractivity contribution >= 4 is 5.91 Å². The molecule has 2 aromatic rings. The molecule has 0 bridgehead atoms. The van der Waals surface area contributed by atoms with Crippen LogP contribution in [0.5, 0.6) is 0 Å². The molecule has 0 aliphatic heterocycles. The highest BCUT2D eigenvalue weighted by molar-refractivity contribution is 5.78. The number of carbonyl (C=O) groups excluding carboxylic acids is 1. The lowest BCUT2D eigenvalue weighted by molar-refractivity contribution is -0.121. The van der Waals surface area contributed by atoms with Crippen molar-refractivity contribution < 1.29 is 14.3 Å². The zero-order chi connectivity index (χ0) is 18.6. The van der Waals surface area contributed by atoms with Gasteiger partial charge in [0.05, 0.1) is 18.7 Å². The van der Waals surface area contributed by atoms with E-state index in [9.17, 15) is 9.90 Å². The minimum atomic E-state index is -0.153. The lowest BCUT2D eigenvalue weighted by Crippen LogP contribution is -2.41. The molecule has 2 N–H and O–H groups in total. The van der Waals surface area contributed by atoms with Gasteiger partial charge in [-0.1, -0.05) is 37.0 Å². The number of nitrogens with one attached hydrogen (secondary N) is 1. The number of amides is 1. The van der Waals surface area contributed by atoms with Crippen molar-refractivity contribution in [3.05, 3.63) is 41.3 Å². The number of nitrogens with zero attached hydrogens (tertiary/aromatic N) is 1. The molecule has 1 fully saturated rings. The Morgan fingerprint density at radius 2 is 2.04 bits per heavy atom. The second kappa shape index (κ2) is 8.04. The van der Waals surface area contributed by atoms with E-state index in [0.717, 1.165) is 36.8 Å². The van der Waals surface area contributed by atoms with Crippen molar-refractivity contribution in [1.29, 1.82) is 0 Å². The molecule has 1 amide bonds. The molecule has 0 radical (unpaired) electrons. The standard InChI is InChI=1S/C21H28N2O3/c1-15-7-6-8-17(11-15)20-23-18(16(2)26-20)12-19(25)22-13-21(14-24)9-4-3-5-10-21/h6-8,11,24H,3-5,9-10,12-14H2,1-2H3,(H,22,25). The van der Waals surface area contributed by atoms with Crippen LogP contribution in [0, 0.1) is 19.3 Å². The Morgan fingerprint density at radius 3 is 2.73 bits per heavy atom. The summed E-state index contributed by atoms with van der Waals surface area (Å²) in [5.74, 6) is 1.15. The fraction of sp³-hybridized carbons (Fsp3) is 0.524. The largest absolute Gasteiger partial charge is 0.441 e. The van der Waals surface area contributed by atoms with Gasteiger partial charge in [0, 0.05) is 17.5 Å². The molecule has 1 heterocycles. The molecule has 1 aliphatic rings. The van der Waals surface area contributed by atoms with Gasteiger partial charge in [0.1, 0.15) is 5.76 Å². The Balaban J connectivity index is 1.62. The van der Waals surface area contributed by atoms with Gasteiger partial charge in [0.2, 0.25) is 11.8 Å². The van der Waals surface area contributed by atoms with E-state index in [0.29, 0.717) is 23.9 Å². The van der Waals surface area contributed by atoms with Gasteiger partial charge in [-0.05, 0) is 38.8 Å². The van der Waals surface area contributed by atoms with Crippen LogP contribution in [0.4, 0.5) is 0 Å². The molecule has 1 saturated carbocycles. The van der Waals surface area contributed by atoms with Crippen molar-refractivity contribution in [3.8, 4) is 11.5 Å². The number of hydrogen-bond acceptors (Lipinski definition) is 4. The maximum Gasteiger partial charge on any atom is 0.226 e. The molecule has 140 valence electrons. The van der Waals surface area contributed by atoms with Crippen molar-refractivity contribution in [3.63, 3.8) is 0 Å². The Kier molecular flexibility index (Phi) is 5.77. The lowest BCUT2D eigenvalue weighted by atomic mass is 9.74. The van der Waals surface area contributed by atoms with Gasteiger partial charge in [-0.15, -0.1) is 0 Å². The van der Waals surface area contributed by atoms with Crippen LogP contribution >= 0.6 is 0 Å². The third kappa shape index (κ3) is 4.33. The van der Waals surface area contributed by atoms with Crippen LogP contribution in [-0.4, -0.2) is 29.1 Å². The van der Waals surface area contributed by atoms with Gasteiger partial charge in [0.25, 0.3) is 0 Å². The molecule has 0 saturated heterocycles. The Bertz CT molecular complexity index is 760. The second-order valence-electron chi connectivity index (χ2n) is 7.56. The predicted octanol–water partition coefficient (Wildman–Crippen LogP) is 3.56. The van der Waals surface area contributed by atoms with Gasteiger partial charge < -0.3 is 14.8 Å². The first-order valence-corrected chi connectivity index (χ1v) is 9.42. The number of benzene rings is 1. The van der Waals surface area contributed by atoms with Gasteiger partial charge in [-0.3, -0.25) is 4.79 Å². The van der Waals surface area contributed by atoms with E-state index in [4.69, 9.17) is 4.42 Å². The SMILES string of the molecule is Cc1cccc(-c2nc(CC(=O)NCC3(CO)CCCCC3)c(C)o2)c1. The van der Waals surface area contributed by atoms with Crippen molar-refractivity contribution in [1.82, 2.24) is 10.3 Å². The summed E-state index contributed by atoms with van der Waals surface area (Å²) in [6, 6.07) is 7.96. The van der Waals surface area contributed by atoms with Crippen LogP contribution < -0.4 is 5.32 Å². The van der Waals surface area contributed by atoms with E-state index in [2.05, 4.69) is 10.3 Å². The fourth-order valence-electron chi connectivity index (χ4n) is 3.69. The first-order valence-electron chi connectivity index (χ1n) is 9.42. The second-order valence-corrected chi connectivity index (χ2v) is 7.56. The lowest BCUT2D eigenvalue weighted by Gasteiger charge is -2.35. The van der Waals surface area contributed by atoms with Gasteiger partial charge in [-0.25, -0.2) is 4.98 Å². The Morgan fingerprint density at radius 1 is 1.27 bits per heavy atom. The van der Waals surface area contributed by atoms with E-state index in [1.54, 1.807) is 0 Å². The zero-order valence-corrected chi connectivity index (χ0v) is 15.7. The molecule has 0 spiro atoms. The first-order chi connectivity index (χ1) is 12.5. The maximum atomic E-state index is 12.4. The summed E-state index contributed by atoms with van der Waals surface area (Å²) in [5.41, 5.74) is 2.57. The van der Waals surface area contributed by atoms with Crippen molar-refractivity contribution in [2.45, 2.75) is 52.4 Å².